The van der Waals surface area contributed by atoms with Gasteiger partial charge in [0.1, 0.15) is 0 Å². The largest absolute Gasteiger partial charge is 0.416 e. The summed E-state index contributed by atoms with van der Waals surface area (Å²) in [6.07, 6.45) is -2.47. The van der Waals surface area contributed by atoms with Crippen molar-refractivity contribution in [2.75, 3.05) is 11.9 Å². The van der Waals surface area contributed by atoms with E-state index in [1.165, 1.54) is 40.5 Å². The van der Waals surface area contributed by atoms with Gasteiger partial charge in [-0.15, -0.1) is 0 Å². The lowest BCUT2D eigenvalue weighted by Gasteiger charge is -2.20. The Bertz CT molecular complexity index is 1410. The average molecular weight is 516 g/mol. The molecule has 1 unspecified atom stereocenters. The van der Waals surface area contributed by atoms with Crippen molar-refractivity contribution in [1.29, 1.82) is 0 Å². The molecule has 0 bridgehead atoms. The van der Waals surface area contributed by atoms with Crippen molar-refractivity contribution in [2.24, 2.45) is 5.10 Å². The summed E-state index contributed by atoms with van der Waals surface area (Å²) in [5.74, 6) is 0.137. The highest BCUT2D eigenvalue weighted by Gasteiger charge is 2.36. The molecule has 1 atom stereocenters. The molecule has 190 valence electrons. The maximum atomic E-state index is 13.2. The van der Waals surface area contributed by atoms with E-state index < -0.39 is 29.5 Å². The van der Waals surface area contributed by atoms with E-state index >= 15 is 0 Å². The minimum absolute atomic E-state index is 0.137. The van der Waals surface area contributed by atoms with Crippen LogP contribution in [0.15, 0.2) is 83.7 Å². The first-order chi connectivity index (χ1) is 17.5. The lowest BCUT2D eigenvalue weighted by Crippen LogP contribution is -2.29. The first kappa shape index (κ1) is 24.5. The van der Waals surface area contributed by atoms with Crippen LogP contribution in [0, 0.1) is 0 Å². The van der Waals surface area contributed by atoms with E-state index in [9.17, 15) is 26.3 Å². The van der Waals surface area contributed by atoms with Gasteiger partial charge in [-0.1, -0.05) is 18.2 Å². The number of nitrogens with one attached hydrogen (secondary N) is 1. The van der Waals surface area contributed by atoms with Crippen molar-refractivity contribution in [2.45, 2.75) is 18.4 Å². The average Bonchev–Trinajstić information content (AvgIpc) is 3.27. The van der Waals surface area contributed by atoms with E-state index in [0.717, 1.165) is 24.3 Å². The highest BCUT2D eigenvalue weighted by molar-refractivity contribution is 5.81. The number of benzene rings is 2. The molecule has 37 heavy (non-hydrogen) atoms. The van der Waals surface area contributed by atoms with Gasteiger partial charge in [0.25, 0.3) is 0 Å². The van der Waals surface area contributed by atoms with Crippen LogP contribution in [-0.2, 0) is 12.4 Å². The molecule has 6 nitrogen and oxygen atoms in total. The van der Waals surface area contributed by atoms with Crippen LogP contribution in [-0.4, -0.2) is 28.3 Å². The van der Waals surface area contributed by atoms with E-state index in [1.807, 2.05) is 0 Å². The third-order valence-electron chi connectivity index (χ3n) is 5.92. The minimum atomic E-state index is -4.51. The minimum Gasteiger partial charge on any atom is -0.314 e. The Morgan fingerprint density at radius 3 is 2.35 bits per heavy atom. The van der Waals surface area contributed by atoms with Crippen LogP contribution in [0.2, 0.25) is 0 Å². The van der Waals surface area contributed by atoms with Crippen LogP contribution in [0.25, 0.3) is 5.57 Å². The number of hydrogen-bond donors (Lipinski definition) is 1. The van der Waals surface area contributed by atoms with Crippen molar-refractivity contribution in [3.8, 4) is 0 Å². The van der Waals surface area contributed by atoms with E-state index in [1.54, 1.807) is 31.5 Å². The zero-order valence-electron chi connectivity index (χ0n) is 19.1. The zero-order chi connectivity index (χ0) is 26.4. The number of fused-ring (bicyclic) bond motifs is 1. The van der Waals surface area contributed by atoms with E-state index in [0.29, 0.717) is 22.5 Å². The van der Waals surface area contributed by atoms with Gasteiger partial charge in [0, 0.05) is 30.7 Å². The second-order valence-corrected chi connectivity index (χ2v) is 8.27. The molecule has 0 spiro atoms. The number of allylic oxidation sites excluding steroid dienone is 2. The maximum Gasteiger partial charge on any atom is 0.416 e. The van der Waals surface area contributed by atoms with Crippen molar-refractivity contribution < 1.29 is 26.3 Å². The number of alkyl halides is 6. The van der Waals surface area contributed by atoms with E-state index in [4.69, 9.17) is 0 Å². The molecule has 3 heterocycles. The Kier molecular flexibility index (Phi) is 5.98. The van der Waals surface area contributed by atoms with Gasteiger partial charge in [-0.25, -0.2) is 15.4 Å². The molecule has 0 fully saturated rings. The van der Waals surface area contributed by atoms with Crippen molar-refractivity contribution in [1.82, 2.24) is 20.5 Å². The van der Waals surface area contributed by atoms with Gasteiger partial charge in [-0.05, 0) is 54.1 Å². The second-order valence-electron chi connectivity index (χ2n) is 8.27. The first-order valence-corrected chi connectivity index (χ1v) is 10.9. The molecule has 2 aromatic carbocycles. The molecule has 0 aliphatic carbocycles. The van der Waals surface area contributed by atoms with Gasteiger partial charge in [-0.3, -0.25) is 0 Å². The van der Waals surface area contributed by atoms with Crippen LogP contribution < -0.4 is 10.3 Å². The van der Waals surface area contributed by atoms with Crippen LogP contribution in [0.1, 0.15) is 28.4 Å². The fraction of sp³-hybridized carbons (Fsp3) is 0.160. The number of hydrazone groups is 1. The van der Waals surface area contributed by atoms with Crippen molar-refractivity contribution >= 4 is 23.4 Å². The summed E-state index contributed by atoms with van der Waals surface area (Å²) < 4.78 is 78.9. The SMILES string of the molecule is CN(c1cccc(C(F)(F)F)c1)c1nccc(C2=C3C=CC=NN3NC2c2ccc(C(F)(F)F)cc2)n1. The number of aromatic nitrogens is 2. The van der Waals surface area contributed by atoms with Gasteiger partial charge >= 0.3 is 12.4 Å². The molecule has 0 radical (unpaired) electrons. The van der Waals surface area contributed by atoms with Gasteiger partial charge in [-0.2, -0.15) is 36.6 Å². The zero-order valence-corrected chi connectivity index (χ0v) is 19.1. The summed E-state index contributed by atoms with van der Waals surface area (Å²) in [7, 11) is 1.55. The maximum absolute atomic E-state index is 13.2. The fourth-order valence-electron chi connectivity index (χ4n) is 4.06. The number of nitrogens with zero attached hydrogens (tertiary/aromatic N) is 5. The van der Waals surface area contributed by atoms with E-state index in [-0.39, 0.29) is 11.6 Å². The summed E-state index contributed by atoms with van der Waals surface area (Å²) >= 11 is 0. The summed E-state index contributed by atoms with van der Waals surface area (Å²) in [5.41, 5.74) is 4.02. The number of rotatable bonds is 4. The van der Waals surface area contributed by atoms with Crippen LogP contribution >= 0.6 is 0 Å². The molecule has 2 aliphatic heterocycles. The highest BCUT2D eigenvalue weighted by Crippen LogP contribution is 2.41. The highest BCUT2D eigenvalue weighted by atomic mass is 19.4. The third-order valence-corrected chi connectivity index (χ3v) is 5.92. The number of halogens is 6. The molecule has 12 heteroatoms. The fourth-order valence-corrected chi connectivity index (χ4v) is 4.06. The topological polar surface area (TPSA) is 56.7 Å². The normalized spacial score (nSPS) is 17.4. The number of anilines is 2. The van der Waals surface area contributed by atoms with E-state index in [2.05, 4.69) is 20.5 Å². The quantitative estimate of drug-likeness (QED) is 0.424. The standard InChI is InChI=1S/C25H18F6N6/c1-36(18-5-2-4-17(14-18)25(29,30)31)23-32-13-11-19(34-23)21-20-6-3-12-33-37(20)35-22(21)15-7-9-16(10-8-15)24(26,27)28/h2-14,22,35H,1H3. The molecule has 0 saturated carbocycles. The van der Waals surface area contributed by atoms with Gasteiger partial charge < -0.3 is 4.90 Å². The molecule has 0 saturated heterocycles. The molecule has 3 aromatic rings. The van der Waals surface area contributed by atoms with Gasteiger partial charge in [0.05, 0.1) is 28.6 Å². The third kappa shape index (κ3) is 4.79. The summed E-state index contributed by atoms with van der Waals surface area (Å²) in [6.45, 7) is 0. The molecular weight excluding hydrogens is 498 g/mol. The molecule has 1 N–H and O–H groups in total. The summed E-state index contributed by atoms with van der Waals surface area (Å²) in [5, 5.41) is 5.75. The Morgan fingerprint density at radius 2 is 1.65 bits per heavy atom. The monoisotopic (exact) mass is 516 g/mol. The lowest BCUT2D eigenvalue weighted by atomic mass is 9.95. The van der Waals surface area contributed by atoms with Crippen LogP contribution in [0.4, 0.5) is 38.0 Å². The molecule has 1 aromatic heterocycles. The van der Waals surface area contributed by atoms with Crippen LogP contribution in [0.3, 0.4) is 0 Å². The summed E-state index contributed by atoms with van der Waals surface area (Å²) in [4.78, 5) is 10.2. The molecule has 0 amide bonds. The molecule has 5 rings (SSSR count). The Balaban J connectivity index is 1.54. The lowest BCUT2D eigenvalue weighted by molar-refractivity contribution is -0.138. The Morgan fingerprint density at radius 1 is 0.919 bits per heavy atom. The Labute approximate surface area is 207 Å². The smallest absolute Gasteiger partial charge is 0.314 e. The Hall–Kier alpha value is -4.19. The molecule has 2 aliphatic rings. The first-order valence-electron chi connectivity index (χ1n) is 10.9. The predicted octanol–water partition coefficient (Wildman–Crippen LogP) is 6.11. The van der Waals surface area contributed by atoms with Crippen LogP contribution in [0.5, 0.6) is 0 Å². The van der Waals surface area contributed by atoms with Gasteiger partial charge in [0.2, 0.25) is 5.95 Å². The van der Waals surface area contributed by atoms with Crippen molar-refractivity contribution in [3.63, 3.8) is 0 Å². The van der Waals surface area contributed by atoms with Crippen molar-refractivity contribution in [3.05, 3.63) is 101 Å². The number of hydrazine groups is 1. The second kappa shape index (κ2) is 9.04. The summed E-state index contributed by atoms with van der Waals surface area (Å²) in [6, 6.07) is 10.6. The number of hydrogen-bond acceptors (Lipinski definition) is 6. The van der Waals surface area contributed by atoms with Gasteiger partial charge in [0.15, 0.2) is 0 Å². The predicted molar refractivity (Wildman–Crippen MR) is 125 cm³/mol. The molecular formula is C25H18F6N6.